The number of amides is 3. The first-order valence-electron chi connectivity index (χ1n) is 8.82. The number of anilines is 1. The zero-order valence-corrected chi connectivity index (χ0v) is 15.5. The number of para-hydroxylation sites is 1. The van der Waals surface area contributed by atoms with Crippen LogP contribution in [-0.2, 0) is 11.3 Å². The smallest absolute Gasteiger partial charge is 0.336 e. The molecule has 1 aromatic heterocycles. The van der Waals surface area contributed by atoms with Crippen molar-refractivity contribution in [2.75, 3.05) is 38.3 Å². The average Bonchev–Trinajstić information content (AvgIpc) is 3.13. The molecule has 0 spiro atoms. The lowest BCUT2D eigenvalue weighted by Gasteiger charge is -2.31. The van der Waals surface area contributed by atoms with Gasteiger partial charge in [-0.2, -0.15) is 0 Å². The van der Waals surface area contributed by atoms with Crippen LogP contribution in [0.3, 0.4) is 0 Å². The Morgan fingerprint density at radius 3 is 2.59 bits per heavy atom. The molecule has 2 aromatic rings. The SMILES string of the molecule is Cc1occc1C(=O)NNC(=O)N(C)Cc1ccccc1N1CCOCC1. The van der Waals surface area contributed by atoms with Crippen molar-refractivity contribution in [3.63, 3.8) is 0 Å². The van der Waals surface area contributed by atoms with Crippen molar-refractivity contribution in [2.24, 2.45) is 0 Å². The summed E-state index contributed by atoms with van der Waals surface area (Å²) in [7, 11) is 1.68. The molecule has 0 bridgehead atoms. The van der Waals surface area contributed by atoms with E-state index in [1.54, 1.807) is 20.0 Å². The first-order valence-corrected chi connectivity index (χ1v) is 8.82. The number of nitrogens with zero attached hydrogens (tertiary/aromatic N) is 2. The summed E-state index contributed by atoms with van der Waals surface area (Å²) in [5.41, 5.74) is 7.35. The number of ether oxygens (including phenoxy) is 1. The second kappa shape index (κ2) is 8.59. The Kier molecular flexibility index (Phi) is 5.97. The van der Waals surface area contributed by atoms with Crippen molar-refractivity contribution in [1.82, 2.24) is 15.8 Å². The van der Waals surface area contributed by atoms with Crippen LogP contribution < -0.4 is 15.8 Å². The molecule has 1 saturated heterocycles. The van der Waals surface area contributed by atoms with E-state index in [-0.39, 0.29) is 0 Å². The molecule has 8 nitrogen and oxygen atoms in total. The van der Waals surface area contributed by atoms with E-state index in [1.165, 1.54) is 11.2 Å². The van der Waals surface area contributed by atoms with Gasteiger partial charge in [-0.15, -0.1) is 0 Å². The van der Waals surface area contributed by atoms with E-state index in [9.17, 15) is 9.59 Å². The highest BCUT2D eigenvalue weighted by atomic mass is 16.5. The number of carbonyl (C=O) groups excluding carboxylic acids is 2. The van der Waals surface area contributed by atoms with E-state index in [2.05, 4.69) is 21.8 Å². The predicted octanol–water partition coefficient (Wildman–Crippen LogP) is 1.91. The van der Waals surface area contributed by atoms with Crippen molar-refractivity contribution in [3.8, 4) is 0 Å². The van der Waals surface area contributed by atoms with Crippen LogP contribution in [0.5, 0.6) is 0 Å². The molecule has 0 atom stereocenters. The fourth-order valence-electron chi connectivity index (χ4n) is 2.98. The zero-order valence-electron chi connectivity index (χ0n) is 15.5. The fourth-order valence-corrected chi connectivity index (χ4v) is 2.98. The first-order chi connectivity index (χ1) is 13.1. The highest BCUT2D eigenvalue weighted by Crippen LogP contribution is 2.22. The molecule has 144 valence electrons. The number of aryl methyl sites for hydroxylation is 1. The molecule has 2 heterocycles. The molecule has 1 aliphatic rings. The van der Waals surface area contributed by atoms with Gasteiger partial charge in [-0.3, -0.25) is 10.2 Å². The number of morpholine rings is 1. The maximum absolute atomic E-state index is 12.3. The Morgan fingerprint density at radius 2 is 1.89 bits per heavy atom. The Labute approximate surface area is 158 Å². The highest BCUT2D eigenvalue weighted by Gasteiger charge is 2.18. The minimum absolute atomic E-state index is 0.385. The normalized spacial score (nSPS) is 13.9. The summed E-state index contributed by atoms with van der Waals surface area (Å²) < 4.78 is 10.5. The van der Waals surface area contributed by atoms with Gasteiger partial charge in [0.1, 0.15) is 5.76 Å². The number of urea groups is 1. The van der Waals surface area contributed by atoms with Crippen LogP contribution in [0, 0.1) is 6.92 Å². The molecule has 1 aromatic carbocycles. The maximum Gasteiger partial charge on any atom is 0.336 e. The molecule has 8 heteroatoms. The molecule has 0 saturated carbocycles. The van der Waals surface area contributed by atoms with Gasteiger partial charge in [0.05, 0.1) is 25.0 Å². The van der Waals surface area contributed by atoms with Crippen molar-refractivity contribution in [1.29, 1.82) is 0 Å². The second-order valence-electron chi connectivity index (χ2n) is 6.36. The van der Waals surface area contributed by atoms with E-state index >= 15 is 0 Å². The molecule has 0 radical (unpaired) electrons. The van der Waals surface area contributed by atoms with E-state index < -0.39 is 11.9 Å². The van der Waals surface area contributed by atoms with Gasteiger partial charge in [-0.05, 0) is 24.6 Å². The van der Waals surface area contributed by atoms with Gasteiger partial charge >= 0.3 is 6.03 Å². The van der Waals surface area contributed by atoms with Gasteiger partial charge in [0, 0.05) is 32.4 Å². The number of hydrazine groups is 1. The Bertz CT molecular complexity index is 799. The largest absolute Gasteiger partial charge is 0.469 e. The van der Waals surface area contributed by atoms with Gasteiger partial charge in [-0.1, -0.05) is 18.2 Å². The molecule has 1 fully saturated rings. The number of benzene rings is 1. The van der Waals surface area contributed by atoms with Gasteiger partial charge < -0.3 is 19.0 Å². The Hall–Kier alpha value is -3.00. The lowest BCUT2D eigenvalue weighted by molar-refractivity contribution is 0.0929. The summed E-state index contributed by atoms with van der Waals surface area (Å²) in [6.07, 6.45) is 1.43. The number of hydrogen-bond donors (Lipinski definition) is 2. The standard InChI is InChI=1S/C19H24N4O4/c1-14-16(7-10-27-14)18(24)20-21-19(25)22(2)13-15-5-3-4-6-17(15)23-8-11-26-12-9-23/h3-7,10H,8-9,11-13H2,1-2H3,(H,20,24)(H,21,25). The van der Waals surface area contributed by atoms with Crippen molar-refractivity contribution >= 4 is 17.6 Å². The summed E-state index contributed by atoms with van der Waals surface area (Å²) in [4.78, 5) is 28.2. The summed E-state index contributed by atoms with van der Waals surface area (Å²) in [5, 5.41) is 0. The summed E-state index contributed by atoms with van der Waals surface area (Å²) in [6, 6.07) is 9.15. The second-order valence-corrected chi connectivity index (χ2v) is 6.36. The molecule has 0 unspecified atom stereocenters. The lowest BCUT2D eigenvalue weighted by atomic mass is 10.1. The third-order valence-corrected chi connectivity index (χ3v) is 4.48. The van der Waals surface area contributed by atoms with E-state index in [0.29, 0.717) is 31.1 Å². The third kappa shape index (κ3) is 4.59. The monoisotopic (exact) mass is 372 g/mol. The predicted molar refractivity (Wildman–Crippen MR) is 100 cm³/mol. The Balaban J connectivity index is 1.58. The molecule has 27 heavy (non-hydrogen) atoms. The zero-order chi connectivity index (χ0) is 19.2. The van der Waals surface area contributed by atoms with E-state index in [1.807, 2.05) is 18.2 Å². The van der Waals surface area contributed by atoms with Crippen LogP contribution in [0.2, 0.25) is 0 Å². The van der Waals surface area contributed by atoms with Crippen LogP contribution >= 0.6 is 0 Å². The molecular weight excluding hydrogens is 348 g/mol. The minimum Gasteiger partial charge on any atom is -0.469 e. The van der Waals surface area contributed by atoms with Crippen LogP contribution in [0.25, 0.3) is 0 Å². The van der Waals surface area contributed by atoms with E-state index in [0.717, 1.165) is 24.3 Å². The molecule has 1 aliphatic heterocycles. The summed E-state index contributed by atoms with van der Waals surface area (Å²) >= 11 is 0. The minimum atomic E-state index is -0.420. The molecule has 2 N–H and O–H groups in total. The highest BCUT2D eigenvalue weighted by molar-refractivity contribution is 5.96. The average molecular weight is 372 g/mol. The van der Waals surface area contributed by atoms with Crippen molar-refractivity contribution in [2.45, 2.75) is 13.5 Å². The number of carbonyl (C=O) groups is 2. The molecule has 3 amide bonds. The van der Waals surface area contributed by atoms with Crippen molar-refractivity contribution in [3.05, 3.63) is 53.5 Å². The van der Waals surface area contributed by atoms with Crippen LogP contribution in [-0.4, -0.2) is 50.2 Å². The Morgan fingerprint density at radius 1 is 1.15 bits per heavy atom. The van der Waals surface area contributed by atoms with Gasteiger partial charge in [0.2, 0.25) is 0 Å². The lowest BCUT2D eigenvalue weighted by Crippen LogP contribution is -2.47. The van der Waals surface area contributed by atoms with Crippen LogP contribution in [0.15, 0.2) is 41.0 Å². The number of rotatable bonds is 4. The van der Waals surface area contributed by atoms with Crippen molar-refractivity contribution < 1.29 is 18.7 Å². The molecule has 0 aliphatic carbocycles. The fraction of sp³-hybridized carbons (Fsp3) is 0.368. The van der Waals surface area contributed by atoms with E-state index in [4.69, 9.17) is 9.15 Å². The molecule has 3 rings (SSSR count). The summed E-state index contributed by atoms with van der Waals surface area (Å²) in [5.74, 6) is 0.0752. The topological polar surface area (TPSA) is 87.0 Å². The van der Waals surface area contributed by atoms with Gasteiger partial charge in [0.25, 0.3) is 5.91 Å². The van der Waals surface area contributed by atoms with Gasteiger partial charge in [0.15, 0.2) is 0 Å². The number of hydrogen-bond acceptors (Lipinski definition) is 5. The third-order valence-electron chi connectivity index (χ3n) is 4.48. The number of furan rings is 1. The number of nitrogens with one attached hydrogen (secondary N) is 2. The van der Waals surface area contributed by atoms with Crippen LogP contribution in [0.4, 0.5) is 10.5 Å². The maximum atomic E-state index is 12.3. The quantitative estimate of drug-likeness (QED) is 0.801. The summed E-state index contributed by atoms with van der Waals surface area (Å²) in [6.45, 7) is 5.15. The molecular formula is C19H24N4O4. The van der Waals surface area contributed by atoms with Gasteiger partial charge in [-0.25, -0.2) is 10.2 Å². The van der Waals surface area contributed by atoms with Crippen LogP contribution in [0.1, 0.15) is 21.7 Å². The first kappa shape index (κ1) is 18.8.